The van der Waals surface area contributed by atoms with Crippen molar-refractivity contribution in [3.8, 4) is 0 Å². The highest BCUT2D eigenvalue weighted by molar-refractivity contribution is 5.93. The van der Waals surface area contributed by atoms with Crippen molar-refractivity contribution in [1.82, 2.24) is 4.90 Å². The highest BCUT2D eigenvalue weighted by atomic mass is 16.6. The number of carbonyl (C=O) groups excluding carboxylic acids is 2. The second-order valence-corrected chi connectivity index (χ2v) is 15.1. The Bertz CT molecular complexity index is 1070. The van der Waals surface area contributed by atoms with Crippen LogP contribution in [0.4, 0.5) is 4.79 Å². The fourth-order valence-electron chi connectivity index (χ4n) is 11.5. The van der Waals surface area contributed by atoms with E-state index in [1.165, 1.54) is 69.1 Å². The van der Waals surface area contributed by atoms with Gasteiger partial charge in [0.2, 0.25) is 5.91 Å². The van der Waals surface area contributed by atoms with Crippen LogP contribution in [0, 0.1) is 52.3 Å². The highest BCUT2D eigenvalue weighted by Crippen LogP contribution is 2.69. The first-order valence-electron chi connectivity index (χ1n) is 16.8. The molecule has 10 atom stereocenters. The molecule has 4 aliphatic carbocycles. The second kappa shape index (κ2) is 11.1. The minimum atomic E-state index is -0.456. The van der Waals surface area contributed by atoms with E-state index in [9.17, 15) is 9.59 Å². The van der Waals surface area contributed by atoms with Crippen molar-refractivity contribution in [3.63, 3.8) is 0 Å². The third-order valence-corrected chi connectivity index (χ3v) is 13.4. The quantitative estimate of drug-likeness (QED) is 0.343. The molecule has 0 aromatic heterocycles. The van der Waals surface area contributed by atoms with Crippen LogP contribution in [0.1, 0.15) is 110 Å². The molecule has 1 heterocycles. The molecule has 0 spiro atoms. The van der Waals surface area contributed by atoms with Crippen LogP contribution in [0.15, 0.2) is 30.3 Å². The summed E-state index contributed by atoms with van der Waals surface area (Å²) < 4.78 is 5.34. The molecule has 1 aromatic rings. The first-order valence-corrected chi connectivity index (χ1v) is 16.8. The summed E-state index contributed by atoms with van der Waals surface area (Å²) in [4.78, 5) is 27.4. The summed E-state index contributed by atoms with van der Waals surface area (Å²) in [6.45, 7) is 10.5. The standard InChI is InChI=1S/C36H53NO3/c1-5-26-22-28-31-16-15-29(36(31,4)20-18-32(28)35(3)19-10-9-13-30(26)35)24(2)14-17-33(38)37-27(23-40-34(37)39)21-25-11-7-6-8-12-25/h6-8,11-12,24,26-32H,5,9-10,13-23H2,1-4H3/t24-,26+,27?,28?,29-,30?,31?,32+,35?,36?/m1/s1. The van der Waals surface area contributed by atoms with Gasteiger partial charge >= 0.3 is 6.09 Å². The summed E-state index contributed by atoms with van der Waals surface area (Å²) in [5.41, 5.74) is 2.11. The van der Waals surface area contributed by atoms with Crippen LogP contribution in [0.3, 0.4) is 0 Å². The average molecular weight is 548 g/mol. The zero-order valence-electron chi connectivity index (χ0n) is 25.6. The third kappa shape index (κ3) is 4.74. The topological polar surface area (TPSA) is 46.6 Å². The lowest BCUT2D eigenvalue weighted by Gasteiger charge is -2.63. The van der Waals surface area contributed by atoms with E-state index in [0.29, 0.717) is 42.1 Å². The lowest BCUT2D eigenvalue weighted by Crippen LogP contribution is -2.55. The number of hydrogen-bond acceptors (Lipinski definition) is 3. The van der Waals surface area contributed by atoms with Crippen molar-refractivity contribution >= 4 is 12.0 Å². The van der Waals surface area contributed by atoms with Crippen molar-refractivity contribution in [2.75, 3.05) is 6.61 Å². The van der Waals surface area contributed by atoms with Gasteiger partial charge in [-0.1, -0.05) is 77.3 Å². The lowest BCUT2D eigenvalue weighted by atomic mass is 9.42. The SMILES string of the molecule is CC[C@H]1CC2C3CC[C@H]([C@H](C)CCC(=O)N4C(=O)OCC4Cc4ccccc4)C3(C)CC[C@@H]2C2(C)CCCCC12. The maximum atomic E-state index is 13.4. The molecule has 6 rings (SSSR count). The van der Waals surface area contributed by atoms with E-state index in [4.69, 9.17) is 4.74 Å². The molecule has 220 valence electrons. The fourth-order valence-corrected chi connectivity index (χ4v) is 11.5. The first-order chi connectivity index (χ1) is 19.3. The van der Waals surface area contributed by atoms with Crippen LogP contribution in [-0.2, 0) is 16.0 Å². The van der Waals surface area contributed by atoms with E-state index in [1.54, 1.807) is 0 Å². The summed E-state index contributed by atoms with van der Waals surface area (Å²) in [6.07, 6.45) is 15.7. The van der Waals surface area contributed by atoms with Gasteiger partial charge in [-0.3, -0.25) is 4.79 Å². The van der Waals surface area contributed by atoms with Gasteiger partial charge in [-0.2, -0.15) is 0 Å². The van der Waals surface area contributed by atoms with Crippen molar-refractivity contribution in [2.45, 2.75) is 117 Å². The van der Waals surface area contributed by atoms with Gasteiger partial charge in [0.1, 0.15) is 6.61 Å². The van der Waals surface area contributed by atoms with E-state index >= 15 is 0 Å². The van der Waals surface area contributed by atoms with Crippen molar-refractivity contribution < 1.29 is 14.3 Å². The van der Waals surface area contributed by atoms with Crippen LogP contribution < -0.4 is 0 Å². The second-order valence-electron chi connectivity index (χ2n) is 15.1. The van der Waals surface area contributed by atoms with E-state index < -0.39 is 6.09 Å². The molecular formula is C36H53NO3. The molecule has 0 bridgehead atoms. The Kier molecular flexibility index (Phi) is 7.85. The Morgan fingerprint density at radius 3 is 2.55 bits per heavy atom. The van der Waals surface area contributed by atoms with E-state index in [1.807, 2.05) is 18.2 Å². The van der Waals surface area contributed by atoms with E-state index in [2.05, 4.69) is 39.8 Å². The van der Waals surface area contributed by atoms with Crippen LogP contribution in [-0.4, -0.2) is 29.5 Å². The molecule has 1 aliphatic heterocycles. The highest BCUT2D eigenvalue weighted by Gasteiger charge is 2.61. The molecule has 2 amide bonds. The Labute approximate surface area is 243 Å². The maximum absolute atomic E-state index is 13.4. The van der Waals surface area contributed by atoms with Gasteiger partial charge in [0.05, 0.1) is 6.04 Å². The molecule has 4 heteroatoms. The van der Waals surface area contributed by atoms with Crippen LogP contribution in [0.5, 0.6) is 0 Å². The van der Waals surface area contributed by atoms with Gasteiger partial charge in [0.15, 0.2) is 0 Å². The normalized spacial score (nSPS) is 41.5. The monoisotopic (exact) mass is 547 g/mol. The van der Waals surface area contributed by atoms with Crippen molar-refractivity contribution in [3.05, 3.63) is 35.9 Å². The fraction of sp³-hybridized carbons (Fsp3) is 0.778. The molecule has 5 fully saturated rings. The maximum Gasteiger partial charge on any atom is 0.416 e. The van der Waals surface area contributed by atoms with Gasteiger partial charge in [-0.15, -0.1) is 0 Å². The number of benzene rings is 1. The number of nitrogens with zero attached hydrogens (tertiary/aromatic N) is 1. The minimum absolute atomic E-state index is 0.0481. The number of rotatable bonds is 7. The predicted octanol–water partition coefficient (Wildman–Crippen LogP) is 8.68. The van der Waals surface area contributed by atoms with Gasteiger partial charge in [0, 0.05) is 6.42 Å². The van der Waals surface area contributed by atoms with Gasteiger partial charge in [0.25, 0.3) is 0 Å². The Morgan fingerprint density at radius 2 is 1.77 bits per heavy atom. The molecule has 0 radical (unpaired) electrons. The Balaban J connectivity index is 1.11. The number of ether oxygens (including phenoxy) is 1. The molecule has 1 saturated heterocycles. The van der Waals surface area contributed by atoms with Gasteiger partial charge < -0.3 is 4.74 Å². The number of fused-ring (bicyclic) bond motifs is 5. The molecule has 0 N–H and O–H groups in total. The largest absolute Gasteiger partial charge is 0.447 e. The third-order valence-electron chi connectivity index (χ3n) is 13.4. The van der Waals surface area contributed by atoms with Crippen LogP contribution >= 0.6 is 0 Å². The molecule has 4 nitrogen and oxygen atoms in total. The molecule has 4 saturated carbocycles. The van der Waals surface area contributed by atoms with Crippen molar-refractivity contribution in [1.29, 1.82) is 0 Å². The number of amides is 2. The Hall–Kier alpha value is -1.84. The lowest BCUT2D eigenvalue weighted by molar-refractivity contribution is -0.138. The minimum Gasteiger partial charge on any atom is -0.447 e. The summed E-state index contributed by atoms with van der Waals surface area (Å²) >= 11 is 0. The van der Waals surface area contributed by atoms with E-state index in [-0.39, 0.29) is 11.9 Å². The number of carbonyl (C=O) groups is 2. The van der Waals surface area contributed by atoms with Crippen LogP contribution in [0.25, 0.3) is 0 Å². The number of hydrogen-bond donors (Lipinski definition) is 0. The van der Waals surface area contributed by atoms with Gasteiger partial charge in [-0.25, -0.2) is 9.69 Å². The molecule has 40 heavy (non-hydrogen) atoms. The average Bonchev–Trinajstić information content (AvgIpc) is 3.50. The summed E-state index contributed by atoms with van der Waals surface area (Å²) in [5, 5.41) is 0. The van der Waals surface area contributed by atoms with Crippen LogP contribution in [0.2, 0.25) is 0 Å². The van der Waals surface area contributed by atoms with Gasteiger partial charge in [-0.05, 0) is 116 Å². The first kappa shape index (κ1) is 28.3. The molecule has 6 unspecified atom stereocenters. The summed E-state index contributed by atoms with van der Waals surface area (Å²) in [7, 11) is 0. The number of cyclic esters (lactones) is 1. The molecular weight excluding hydrogens is 494 g/mol. The van der Waals surface area contributed by atoms with E-state index in [0.717, 1.165) is 41.6 Å². The zero-order chi connectivity index (χ0) is 28.1. The predicted molar refractivity (Wildman–Crippen MR) is 160 cm³/mol. The van der Waals surface area contributed by atoms with Crippen molar-refractivity contribution in [2.24, 2.45) is 52.3 Å². The molecule has 1 aromatic carbocycles. The Morgan fingerprint density at radius 1 is 1.00 bits per heavy atom. The zero-order valence-corrected chi connectivity index (χ0v) is 25.6. The summed E-state index contributed by atoms with van der Waals surface area (Å²) in [6, 6.07) is 9.94. The number of imide groups is 1. The summed E-state index contributed by atoms with van der Waals surface area (Å²) in [5.74, 6) is 5.71. The smallest absolute Gasteiger partial charge is 0.416 e. The molecule has 5 aliphatic rings.